The molecule has 1 fully saturated rings. The molecule has 0 bridgehead atoms. The first kappa shape index (κ1) is 12.2. The second-order valence-corrected chi connectivity index (χ2v) is 5.26. The van der Waals surface area contributed by atoms with Crippen molar-refractivity contribution in [3.05, 3.63) is 34.9 Å². The third kappa shape index (κ3) is 2.68. The van der Waals surface area contributed by atoms with Gasteiger partial charge in [0.25, 0.3) is 0 Å². The third-order valence-corrected chi connectivity index (χ3v) is 3.90. The topological polar surface area (TPSA) is 37.3 Å². The van der Waals surface area contributed by atoms with Gasteiger partial charge >= 0.3 is 5.97 Å². The van der Waals surface area contributed by atoms with E-state index in [0.717, 1.165) is 25.7 Å². The van der Waals surface area contributed by atoms with E-state index in [4.69, 9.17) is 5.11 Å². The highest BCUT2D eigenvalue weighted by Crippen LogP contribution is 2.37. The molecule has 0 saturated heterocycles. The summed E-state index contributed by atoms with van der Waals surface area (Å²) < 4.78 is 0. The lowest BCUT2D eigenvalue weighted by atomic mass is 9.76. The van der Waals surface area contributed by atoms with E-state index in [-0.39, 0.29) is 5.92 Å². The average Bonchev–Trinajstić information content (AvgIpc) is 2.32. The lowest BCUT2D eigenvalue weighted by Crippen LogP contribution is -2.22. The normalized spacial score (nSPS) is 24.6. The molecule has 2 unspecified atom stereocenters. The van der Waals surface area contributed by atoms with Crippen molar-refractivity contribution in [3.63, 3.8) is 0 Å². The molecule has 2 nitrogen and oxygen atoms in total. The Labute approximate surface area is 103 Å². The van der Waals surface area contributed by atoms with Crippen molar-refractivity contribution < 1.29 is 9.90 Å². The number of aliphatic carboxylic acids is 1. The molecule has 1 aliphatic rings. The Bertz CT molecular complexity index is 423. The van der Waals surface area contributed by atoms with E-state index in [1.165, 1.54) is 16.7 Å². The van der Waals surface area contributed by atoms with Gasteiger partial charge < -0.3 is 5.11 Å². The van der Waals surface area contributed by atoms with Crippen LogP contribution in [0.1, 0.15) is 48.3 Å². The SMILES string of the molecule is Cc1ccc(C)c(C2CCCC(C(=O)O)C2)c1. The fourth-order valence-corrected chi connectivity index (χ4v) is 2.90. The van der Waals surface area contributed by atoms with E-state index in [1.807, 2.05) is 0 Å². The number of aryl methyl sites for hydroxylation is 2. The predicted octanol–water partition coefficient (Wildman–Crippen LogP) is 3.66. The molecule has 0 aliphatic heterocycles. The Morgan fingerprint density at radius 2 is 2.06 bits per heavy atom. The van der Waals surface area contributed by atoms with Crippen molar-refractivity contribution in [2.75, 3.05) is 0 Å². The Hall–Kier alpha value is -1.31. The number of carboxylic acids is 1. The molecule has 0 radical (unpaired) electrons. The second kappa shape index (κ2) is 4.91. The minimum absolute atomic E-state index is 0.145. The molecule has 92 valence electrons. The van der Waals surface area contributed by atoms with Crippen LogP contribution in [0.2, 0.25) is 0 Å². The molecule has 0 heterocycles. The molecule has 17 heavy (non-hydrogen) atoms. The molecular formula is C15H20O2. The van der Waals surface area contributed by atoms with E-state index >= 15 is 0 Å². The number of carboxylic acid groups (broad SMARTS) is 1. The molecule has 0 aromatic heterocycles. The Balaban J connectivity index is 2.21. The van der Waals surface area contributed by atoms with Crippen molar-refractivity contribution in [2.45, 2.75) is 45.4 Å². The van der Waals surface area contributed by atoms with Gasteiger partial charge in [0.2, 0.25) is 0 Å². The van der Waals surface area contributed by atoms with E-state index < -0.39 is 5.97 Å². The van der Waals surface area contributed by atoms with Gasteiger partial charge in [-0.3, -0.25) is 4.79 Å². The first-order chi connectivity index (χ1) is 8.08. The third-order valence-electron chi connectivity index (χ3n) is 3.90. The van der Waals surface area contributed by atoms with Gasteiger partial charge in [-0.05, 0) is 50.2 Å². The van der Waals surface area contributed by atoms with Crippen LogP contribution in [0.5, 0.6) is 0 Å². The van der Waals surface area contributed by atoms with E-state index in [0.29, 0.717) is 5.92 Å². The van der Waals surface area contributed by atoms with Crippen molar-refractivity contribution in [3.8, 4) is 0 Å². The van der Waals surface area contributed by atoms with Crippen LogP contribution in [0.25, 0.3) is 0 Å². The maximum absolute atomic E-state index is 11.1. The minimum Gasteiger partial charge on any atom is -0.481 e. The summed E-state index contributed by atoms with van der Waals surface area (Å²) in [4.78, 5) is 11.1. The highest BCUT2D eigenvalue weighted by Gasteiger charge is 2.28. The summed E-state index contributed by atoms with van der Waals surface area (Å²) in [6.45, 7) is 4.22. The van der Waals surface area contributed by atoms with Gasteiger partial charge in [-0.15, -0.1) is 0 Å². The fourth-order valence-electron chi connectivity index (χ4n) is 2.90. The lowest BCUT2D eigenvalue weighted by Gasteiger charge is -2.28. The maximum Gasteiger partial charge on any atom is 0.306 e. The molecule has 1 aromatic carbocycles. The second-order valence-electron chi connectivity index (χ2n) is 5.26. The quantitative estimate of drug-likeness (QED) is 0.844. The minimum atomic E-state index is -0.625. The van der Waals surface area contributed by atoms with Crippen LogP contribution in [0.15, 0.2) is 18.2 Å². The predicted molar refractivity (Wildman–Crippen MR) is 68.3 cm³/mol. The van der Waals surface area contributed by atoms with Gasteiger partial charge in [-0.1, -0.05) is 30.2 Å². The highest BCUT2D eigenvalue weighted by molar-refractivity contribution is 5.70. The van der Waals surface area contributed by atoms with Crippen LogP contribution in [0.3, 0.4) is 0 Å². The Morgan fingerprint density at radius 3 is 2.76 bits per heavy atom. The zero-order valence-corrected chi connectivity index (χ0v) is 10.6. The smallest absolute Gasteiger partial charge is 0.306 e. The summed E-state index contributed by atoms with van der Waals surface area (Å²) in [6.07, 6.45) is 3.82. The highest BCUT2D eigenvalue weighted by atomic mass is 16.4. The van der Waals surface area contributed by atoms with Crippen molar-refractivity contribution in [2.24, 2.45) is 5.92 Å². The fraction of sp³-hybridized carbons (Fsp3) is 0.533. The van der Waals surface area contributed by atoms with E-state index in [9.17, 15) is 4.79 Å². The molecule has 1 aromatic rings. The van der Waals surface area contributed by atoms with Crippen molar-refractivity contribution in [1.82, 2.24) is 0 Å². The zero-order chi connectivity index (χ0) is 12.4. The van der Waals surface area contributed by atoms with Gasteiger partial charge in [0.1, 0.15) is 0 Å². The number of benzene rings is 1. The van der Waals surface area contributed by atoms with Crippen LogP contribution < -0.4 is 0 Å². The molecular weight excluding hydrogens is 212 g/mol. The molecule has 2 heteroatoms. The molecule has 2 rings (SSSR count). The number of rotatable bonds is 2. The number of hydrogen-bond acceptors (Lipinski definition) is 1. The van der Waals surface area contributed by atoms with Crippen LogP contribution in [-0.4, -0.2) is 11.1 Å². The van der Waals surface area contributed by atoms with Crippen LogP contribution in [-0.2, 0) is 4.79 Å². The van der Waals surface area contributed by atoms with E-state index in [2.05, 4.69) is 32.0 Å². The number of carbonyl (C=O) groups is 1. The largest absolute Gasteiger partial charge is 0.481 e. The van der Waals surface area contributed by atoms with Gasteiger partial charge in [-0.25, -0.2) is 0 Å². The summed E-state index contributed by atoms with van der Waals surface area (Å²) in [5, 5.41) is 9.13. The van der Waals surface area contributed by atoms with Gasteiger partial charge in [-0.2, -0.15) is 0 Å². The van der Waals surface area contributed by atoms with Gasteiger partial charge in [0, 0.05) is 0 Å². The van der Waals surface area contributed by atoms with Gasteiger partial charge in [0.15, 0.2) is 0 Å². The monoisotopic (exact) mass is 232 g/mol. The van der Waals surface area contributed by atoms with Crippen molar-refractivity contribution >= 4 is 5.97 Å². The van der Waals surface area contributed by atoms with Crippen molar-refractivity contribution in [1.29, 1.82) is 0 Å². The summed E-state index contributed by atoms with van der Waals surface area (Å²) in [7, 11) is 0. The molecule has 1 N–H and O–H groups in total. The summed E-state index contributed by atoms with van der Waals surface area (Å²) in [6, 6.07) is 6.50. The standard InChI is InChI=1S/C15H20O2/c1-10-6-7-11(2)14(8-10)12-4-3-5-13(9-12)15(16)17/h6-8,12-13H,3-5,9H2,1-2H3,(H,16,17). The average molecular weight is 232 g/mol. The molecule has 2 atom stereocenters. The van der Waals surface area contributed by atoms with Crippen LogP contribution >= 0.6 is 0 Å². The summed E-state index contributed by atoms with van der Waals surface area (Å²) in [5.74, 6) is -0.335. The number of hydrogen-bond donors (Lipinski definition) is 1. The zero-order valence-electron chi connectivity index (χ0n) is 10.6. The first-order valence-corrected chi connectivity index (χ1v) is 6.38. The first-order valence-electron chi connectivity index (χ1n) is 6.38. The van der Waals surface area contributed by atoms with Gasteiger partial charge in [0.05, 0.1) is 5.92 Å². The Morgan fingerprint density at radius 1 is 1.29 bits per heavy atom. The van der Waals surface area contributed by atoms with Crippen LogP contribution in [0, 0.1) is 19.8 Å². The molecule has 0 spiro atoms. The summed E-state index contributed by atoms with van der Waals surface area (Å²) >= 11 is 0. The molecule has 0 amide bonds. The maximum atomic E-state index is 11.1. The van der Waals surface area contributed by atoms with Crippen LogP contribution in [0.4, 0.5) is 0 Å². The van der Waals surface area contributed by atoms with E-state index in [1.54, 1.807) is 0 Å². The molecule has 1 saturated carbocycles. The Kier molecular flexibility index (Phi) is 3.51. The summed E-state index contributed by atoms with van der Waals surface area (Å²) in [5.41, 5.74) is 3.92. The molecule has 1 aliphatic carbocycles. The lowest BCUT2D eigenvalue weighted by molar-refractivity contribution is -0.142.